The van der Waals surface area contributed by atoms with Gasteiger partial charge in [-0.15, -0.1) is 11.6 Å². The molecule has 0 bridgehead atoms. The molecular weight excluding hydrogens is 182 g/mol. The Labute approximate surface area is 85.3 Å². The Morgan fingerprint density at radius 3 is 2.62 bits per heavy atom. The van der Waals surface area contributed by atoms with Crippen LogP contribution in [0.4, 0.5) is 0 Å². The van der Waals surface area contributed by atoms with Gasteiger partial charge in [0.25, 0.3) is 0 Å². The van der Waals surface area contributed by atoms with E-state index in [9.17, 15) is 0 Å². The zero-order valence-corrected chi connectivity index (χ0v) is 9.23. The fourth-order valence-electron chi connectivity index (χ4n) is 1.30. The maximum Gasteiger partial charge on any atom is 0.0738 e. The van der Waals surface area contributed by atoms with Crippen LogP contribution in [0.15, 0.2) is 18.2 Å². The Morgan fingerprint density at radius 2 is 2.00 bits per heavy atom. The van der Waals surface area contributed by atoms with Gasteiger partial charge in [0.1, 0.15) is 0 Å². The minimum absolute atomic E-state index is 0.577. The molecule has 1 aromatic rings. The Hall–Kier alpha value is -0.530. The average molecular weight is 198 g/mol. The van der Waals surface area contributed by atoms with Crippen LogP contribution in [-0.4, -0.2) is 18.0 Å². The first-order chi connectivity index (χ1) is 6.13. The van der Waals surface area contributed by atoms with Crippen molar-refractivity contribution in [2.75, 3.05) is 13.1 Å². The van der Waals surface area contributed by atoms with Crippen LogP contribution < -0.4 is 0 Å². The highest BCUT2D eigenvalue weighted by Gasteiger charge is 2.01. The standard InChI is InChI=1S/C11H16ClN/c1-9-4-5-10(2)11(6-9)7-13(3)8-12/h4-6H,7-8H2,1-3H3. The maximum absolute atomic E-state index is 5.72. The van der Waals surface area contributed by atoms with E-state index in [0.717, 1.165) is 6.54 Å². The number of halogens is 1. The number of rotatable bonds is 3. The number of hydrogen-bond donors (Lipinski definition) is 0. The first-order valence-corrected chi connectivity index (χ1v) is 4.97. The van der Waals surface area contributed by atoms with Crippen molar-refractivity contribution in [3.05, 3.63) is 34.9 Å². The van der Waals surface area contributed by atoms with Gasteiger partial charge in [-0.05, 0) is 32.0 Å². The van der Waals surface area contributed by atoms with Gasteiger partial charge in [0.2, 0.25) is 0 Å². The highest BCUT2D eigenvalue weighted by molar-refractivity contribution is 6.17. The minimum Gasteiger partial charge on any atom is -0.289 e. The van der Waals surface area contributed by atoms with Gasteiger partial charge < -0.3 is 0 Å². The summed E-state index contributed by atoms with van der Waals surface area (Å²) >= 11 is 5.72. The predicted octanol–water partition coefficient (Wildman–Crippen LogP) is 2.93. The average Bonchev–Trinajstić information content (AvgIpc) is 2.11. The third-order valence-electron chi connectivity index (χ3n) is 2.15. The van der Waals surface area contributed by atoms with Gasteiger partial charge in [-0.2, -0.15) is 0 Å². The maximum atomic E-state index is 5.72. The molecule has 0 aliphatic heterocycles. The minimum atomic E-state index is 0.577. The first kappa shape index (κ1) is 10.6. The van der Waals surface area contributed by atoms with Crippen LogP contribution in [0.3, 0.4) is 0 Å². The molecule has 0 aliphatic carbocycles. The van der Waals surface area contributed by atoms with Crippen molar-refractivity contribution in [3.8, 4) is 0 Å². The largest absolute Gasteiger partial charge is 0.289 e. The molecule has 72 valence electrons. The van der Waals surface area contributed by atoms with E-state index >= 15 is 0 Å². The van der Waals surface area contributed by atoms with Gasteiger partial charge in [0, 0.05) is 6.54 Å². The van der Waals surface area contributed by atoms with Crippen LogP contribution >= 0.6 is 11.6 Å². The second kappa shape index (κ2) is 4.64. The van der Waals surface area contributed by atoms with Crippen LogP contribution in [0, 0.1) is 13.8 Å². The molecule has 1 rings (SSSR count). The molecule has 0 saturated heterocycles. The molecular formula is C11H16ClN. The van der Waals surface area contributed by atoms with Crippen molar-refractivity contribution < 1.29 is 0 Å². The Morgan fingerprint density at radius 1 is 1.31 bits per heavy atom. The predicted molar refractivity (Wildman–Crippen MR) is 58.1 cm³/mol. The summed E-state index contributed by atoms with van der Waals surface area (Å²) in [5, 5.41) is 0. The van der Waals surface area contributed by atoms with Crippen LogP contribution in [-0.2, 0) is 6.54 Å². The van der Waals surface area contributed by atoms with Gasteiger partial charge in [0.15, 0.2) is 0 Å². The highest BCUT2D eigenvalue weighted by Crippen LogP contribution is 2.12. The van der Waals surface area contributed by atoms with E-state index in [1.54, 1.807) is 0 Å². The second-order valence-corrected chi connectivity index (χ2v) is 3.80. The summed E-state index contributed by atoms with van der Waals surface area (Å²) in [6.07, 6.45) is 0. The van der Waals surface area contributed by atoms with Gasteiger partial charge in [-0.1, -0.05) is 23.8 Å². The number of benzene rings is 1. The smallest absolute Gasteiger partial charge is 0.0738 e. The van der Waals surface area contributed by atoms with Crippen molar-refractivity contribution in [2.45, 2.75) is 20.4 Å². The molecule has 0 radical (unpaired) electrons. The Kier molecular flexibility index (Phi) is 3.76. The van der Waals surface area contributed by atoms with Crippen LogP contribution in [0.2, 0.25) is 0 Å². The van der Waals surface area contributed by atoms with E-state index in [-0.39, 0.29) is 0 Å². The lowest BCUT2D eigenvalue weighted by molar-refractivity contribution is 0.381. The van der Waals surface area contributed by atoms with Crippen molar-refractivity contribution >= 4 is 11.6 Å². The molecule has 0 aromatic heterocycles. The molecule has 0 N–H and O–H groups in total. The second-order valence-electron chi connectivity index (χ2n) is 3.56. The quantitative estimate of drug-likeness (QED) is 0.532. The third kappa shape index (κ3) is 3.02. The lowest BCUT2D eigenvalue weighted by Gasteiger charge is -2.14. The molecule has 0 amide bonds. The van der Waals surface area contributed by atoms with E-state index in [1.807, 2.05) is 7.05 Å². The van der Waals surface area contributed by atoms with Crippen molar-refractivity contribution in [2.24, 2.45) is 0 Å². The molecule has 0 heterocycles. The van der Waals surface area contributed by atoms with Gasteiger partial charge >= 0.3 is 0 Å². The normalized spacial score (nSPS) is 10.8. The summed E-state index contributed by atoms with van der Waals surface area (Å²) in [6.45, 7) is 5.18. The first-order valence-electron chi connectivity index (χ1n) is 4.44. The summed E-state index contributed by atoms with van der Waals surface area (Å²) in [4.78, 5) is 2.09. The Balaban J connectivity index is 2.81. The Bertz CT molecular complexity index is 283. The van der Waals surface area contributed by atoms with E-state index in [2.05, 4.69) is 36.9 Å². The molecule has 1 nitrogen and oxygen atoms in total. The lowest BCUT2D eigenvalue weighted by atomic mass is 10.1. The summed E-state index contributed by atoms with van der Waals surface area (Å²) in [6, 6.07) is 7.10. The summed E-state index contributed by atoms with van der Waals surface area (Å²) < 4.78 is 0. The SMILES string of the molecule is Cc1ccc(C)c(CN(C)CCl)c1. The van der Waals surface area contributed by atoms with Crippen molar-refractivity contribution in [1.82, 2.24) is 4.90 Å². The van der Waals surface area contributed by atoms with Gasteiger partial charge in [0.05, 0.1) is 6.00 Å². The third-order valence-corrected chi connectivity index (χ3v) is 2.56. The van der Waals surface area contributed by atoms with Crippen molar-refractivity contribution in [3.63, 3.8) is 0 Å². The zero-order chi connectivity index (χ0) is 9.84. The molecule has 0 atom stereocenters. The molecule has 0 saturated carbocycles. The van der Waals surface area contributed by atoms with Crippen molar-refractivity contribution in [1.29, 1.82) is 0 Å². The van der Waals surface area contributed by atoms with Crippen LogP contribution in [0.25, 0.3) is 0 Å². The molecule has 0 spiro atoms. The molecule has 0 unspecified atom stereocenters. The molecule has 13 heavy (non-hydrogen) atoms. The van der Waals surface area contributed by atoms with E-state index in [0.29, 0.717) is 6.00 Å². The highest BCUT2D eigenvalue weighted by atomic mass is 35.5. The zero-order valence-electron chi connectivity index (χ0n) is 8.47. The van der Waals surface area contributed by atoms with E-state index in [4.69, 9.17) is 11.6 Å². The van der Waals surface area contributed by atoms with E-state index < -0.39 is 0 Å². The number of aryl methyl sites for hydroxylation is 2. The topological polar surface area (TPSA) is 3.24 Å². The summed E-state index contributed by atoms with van der Waals surface area (Å²) in [7, 11) is 2.02. The lowest BCUT2D eigenvalue weighted by Crippen LogP contribution is -2.16. The fourth-order valence-corrected chi connectivity index (χ4v) is 1.39. The van der Waals surface area contributed by atoms with Gasteiger partial charge in [-0.3, -0.25) is 4.90 Å². The molecule has 2 heteroatoms. The number of nitrogens with zero attached hydrogens (tertiary/aromatic N) is 1. The summed E-state index contributed by atoms with van der Waals surface area (Å²) in [5.41, 5.74) is 4.01. The van der Waals surface area contributed by atoms with E-state index in [1.165, 1.54) is 16.7 Å². The summed E-state index contributed by atoms with van der Waals surface area (Å²) in [5.74, 6) is 0. The molecule has 0 fully saturated rings. The molecule has 1 aromatic carbocycles. The van der Waals surface area contributed by atoms with Gasteiger partial charge in [-0.25, -0.2) is 0 Å². The number of alkyl halides is 1. The molecule has 0 aliphatic rings. The monoisotopic (exact) mass is 197 g/mol. The van der Waals surface area contributed by atoms with Crippen LogP contribution in [0.5, 0.6) is 0 Å². The fraction of sp³-hybridized carbons (Fsp3) is 0.455. The number of hydrogen-bond acceptors (Lipinski definition) is 1. The van der Waals surface area contributed by atoms with Crippen LogP contribution in [0.1, 0.15) is 16.7 Å².